The molecule has 1 fully saturated rings. The predicted octanol–water partition coefficient (Wildman–Crippen LogP) is 2.59. The summed E-state index contributed by atoms with van der Waals surface area (Å²) in [6, 6.07) is 4.76. The maximum absolute atomic E-state index is 14.2. The lowest BCUT2D eigenvalue weighted by Crippen LogP contribution is -2.32. The summed E-state index contributed by atoms with van der Waals surface area (Å²) in [5.74, 6) is -0.589. The number of likely N-dealkylation sites (tertiary alicyclic amines) is 1. The zero-order valence-electron chi connectivity index (χ0n) is 18.9. The molecule has 1 aliphatic rings. The van der Waals surface area contributed by atoms with Gasteiger partial charge in [0.1, 0.15) is 17.8 Å². The predicted molar refractivity (Wildman–Crippen MR) is 129 cm³/mol. The lowest BCUT2D eigenvalue weighted by molar-refractivity contribution is 0.0946. The second-order valence-electron chi connectivity index (χ2n) is 7.80. The topological polar surface area (TPSA) is 118 Å². The summed E-state index contributed by atoms with van der Waals surface area (Å²) in [7, 11) is 3.78. The summed E-state index contributed by atoms with van der Waals surface area (Å²) in [4.78, 5) is 27.4. The molecule has 2 aromatic rings. The average Bonchev–Trinajstić information content (AvgIpc) is 3.23. The van der Waals surface area contributed by atoms with Gasteiger partial charge in [0.05, 0.1) is 0 Å². The van der Waals surface area contributed by atoms with E-state index in [1.54, 1.807) is 19.3 Å². The number of amides is 1. The molecule has 33 heavy (non-hydrogen) atoms. The van der Waals surface area contributed by atoms with E-state index in [-0.39, 0.29) is 12.2 Å². The maximum atomic E-state index is 14.2. The standard InChI is InChI=1S/C23H29FN8O/c1-26-12-17(10-25)16-7-15(8-18(24)9-16)11-29-23(33)21-20(22(27-2)31-14-30-21)28-13-19-5-4-6-32(19)3/h7-10,12,14,19,25-26,28H,2,4-6,11,13H2,1,3H3,(H,29,33)/b17-12+,25-10?/t19-/m0/s1. The van der Waals surface area contributed by atoms with Gasteiger partial charge in [-0.1, -0.05) is 0 Å². The van der Waals surface area contributed by atoms with Crippen LogP contribution in [0.4, 0.5) is 15.9 Å². The molecule has 174 valence electrons. The van der Waals surface area contributed by atoms with Crippen LogP contribution in [0.1, 0.15) is 34.5 Å². The Morgan fingerprint density at radius 3 is 2.88 bits per heavy atom. The van der Waals surface area contributed by atoms with Crippen molar-refractivity contribution in [1.82, 2.24) is 25.5 Å². The van der Waals surface area contributed by atoms with Crippen LogP contribution < -0.4 is 16.0 Å². The Hall–Kier alpha value is -3.66. The minimum Gasteiger partial charge on any atom is -0.393 e. The number of carbonyl (C=O) groups is 1. The Labute approximate surface area is 192 Å². The molecule has 2 heterocycles. The van der Waals surface area contributed by atoms with Crippen LogP contribution in [0.2, 0.25) is 0 Å². The molecule has 3 rings (SSSR count). The van der Waals surface area contributed by atoms with E-state index in [1.807, 2.05) is 0 Å². The molecule has 10 heteroatoms. The molecular weight excluding hydrogens is 423 g/mol. The summed E-state index contributed by atoms with van der Waals surface area (Å²) in [6.45, 7) is 5.30. The molecule has 1 aromatic heterocycles. The average molecular weight is 453 g/mol. The van der Waals surface area contributed by atoms with Crippen molar-refractivity contribution < 1.29 is 9.18 Å². The van der Waals surface area contributed by atoms with Crippen LogP contribution in [-0.2, 0) is 6.54 Å². The third kappa shape index (κ3) is 5.98. The molecular formula is C23H29FN8O. The van der Waals surface area contributed by atoms with Crippen molar-refractivity contribution in [2.24, 2.45) is 4.99 Å². The number of likely N-dealkylation sites (N-methyl/N-ethyl adjacent to an activating group) is 1. The number of rotatable bonds is 10. The molecule has 0 radical (unpaired) electrons. The van der Waals surface area contributed by atoms with Gasteiger partial charge in [0.25, 0.3) is 5.91 Å². The number of carbonyl (C=O) groups excluding carboxylic acids is 1. The molecule has 0 bridgehead atoms. The highest BCUT2D eigenvalue weighted by Gasteiger charge is 2.23. The highest BCUT2D eigenvalue weighted by atomic mass is 19.1. The van der Waals surface area contributed by atoms with Gasteiger partial charge < -0.3 is 26.3 Å². The van der Waals surface area contributed by atoms with Crippen molar-refractivity contribution in [3.63, 3.8) is 0 Å². The number of aliphatic imine (C=N–C) groups is 1. The van der Waals surface area contributed by atoms with Crippen LogP contribution in [0.5, 0.6) is 0 Å². The van der Waals surface area contributed by atoms with Crippen LogP contribution in [0.25, 0.3) is 5.57 Å². The maximum Gasteiger partial charge on any atom is 0.272 e. The Morgan fingerprint density at radius 1 is 1.39 bits per heavy atom. The number of anilines is 1. The van der Waals surface area contributed by atoms with Crippen LogP contribution in [0, 0.1) is 11.2 Å². The molecule has 1 aromatic carbocycles. The van der Waals surface area contributed by atoms with Gasteiger partial charge in [-0.25, -0.2) is 19.4 Å². The zero-order chi connectivity index (χ0) is 23.8. The van der Waals surface area contributed by atoms with Gasteiger partial charge in [-0.2, -0.15) is 0 Å². The monoisotopic (exact) mass is 452 g/mol. The van der Waals surface area contributed by atoms with Gasteiger partial charge in [-0.15, -0.1) is 0 Å². The van der Waals surface area contributed by atoms with E-state index in [9.17, 15) is 9.18 Å². The molecule has 0 spiro atoms. The SMILES string of the molecule is C=Nc1ncnc(C(=O)NCc2cc(F)cc(/C(C=N)=C/NC)c2)c1NC[C@@H]1CCCN1C. The molecule has 9 nitrogen and oxygen atoms in total. The lowest BCUT2D eigenvalue weighted by atomic mass is 10.0. The van der Waals surface area contributed by atoms with Crippen LogP contribution >= 0.6 is 0 Å². The molecule has 0 unspecified atom stereocenters. The van der Waals surface area contributed by atoms with E-state index < -0.39 is 11.7 Å². The van der Waals surface area contributed by atoms with Crippen molar-refractivity contribution in [2.75, 3.05) is 32.5 Å². The summed E-state index contributed by atoms with van der Waals surface area (Å²) < 4.78 is 14.2. The summed E-state index contributed by atoms with van der Waals surface area (Å²) in [6.07, 6.45) is 6.21. The highest BCUT2D eigenvalue weighted by molar-refractivity contribution is 6.08. The van der Waals surface area contributed by atoms with Crippen LogP contribution in [0.15, 0.2) is 35.7 Å². The number of benzene rings is 1. The van der Waals surface area contributed by atoms with Gasteiger partial charge >= 0.3 is 0 Å². The number of aromatic nitrogens is 2. The van der Waals surface area contributed by atoms with Gasteiger partial charge in [-0.05, 0) is 62.5 Å². The van der Waals surface area contributed by atoms with Crippen molar-refractivity contribution >= 4 is 35.9 Å². The molecule has 1 aliphatic heterocycles. The smallest absolute Gasteiger partial charge is 0.272 e. The van der Waals surface area contributed by atoms with Crippen molar-refractivity contribution in [3.8, 4) is 0 Å². The van der Waals surface area contributed by atoms with E-state index in [1.165, 1.54) is 18.5 Å². The van der Waals surface area contributed by atoms with E-state index in [4.69, 9.17) is 5.41 Å². The van der Waals surface area contributed by atoms with Gasteiger partial charge in [0.15, 0.2) is 11.5 Å². The minimum atomic E-state index is -0.455. The van der Waals surface area contributed by atoms with E-state index in [0.29, 0.717) is 40.8 Å². The first kappa shape index (κ1) is 24.0. The van der Waals surface area contributed by atoms with Crippen molar-refractivity contribution in [3.05, 3.63) is 53.4 Å². The Balaban J connectivity index is 1.76. The molecule has 0 aliphatic carbocycles. The van der Waals surface area contributed by atoms with Crippen molar-refractivity contribution in [1.29, 1.82) is 5.41 Å². The minimum absolute atomic E-state index is 0.0834. The van der Waals surface area contributed by atoms with Gasteiger partial charge in [0, 0.05) is 44.2 Å². The number of nitrogens with zero attached hydrogens (tertiary/aromatic N) is 4. The Bertz CT molecular complexity index is 1050. The number of nitrogens with one attached hydrogen (secondary N) is 4. The quantitative estimate of drug-likeness (QED) is 0.412. The second kappa shape index (κ2) is 11.3. The molecule has 1 amide bonds. The van der Waals surface area contributed by atoms with Crippen molar-refractivity contribution in [2.45, 2.75) is 25.4 Å². The lowest BCUT2D eigenvalue weighted by Gasteiger charge is -2.21. The molecule has 0 saturated carbocycles. The number of allylic oxidation sites excluding steroid dienone is 1. The first-order valence-corrected chi connectivity index (χ1v) is 10.7. The summed E-state index contributed by atoms with van der Waals surface area (Å²) in [5.41, 5.74) is 2.19. The molecule has 1 saturated heterocycles. The first-order valence-electron chi connectivity index (χ1n) is 10.7. The fourth-order valence-electron chi connectivity index (χ4n) is 3.84. The Kier molecular flexibility index (Phi) is 8.20. The van der Waals surface area contributed by atoms with Gasteiger partial charge in [-0.3, -0.25) is 4.79 Å². The first-order chi connectivity index (χ1) is 16.0. The number of hydrogen-bond donors (Lipinski definition) is 4. The third-order valence-electron chi connectivity index (χ3n) is 5.58. The summed E-state index contributed by atoms with van der Waals surface area (Å²) >= 11 is 0. The van der Waals surface area contributed by atoms with E-state index in [0.717, 1.165) is 25.6 Å². The largest absolute Gasteiger partial charge is 0.393 e. The second-order valence-corrected chi connectivity index (χ2v) is 7.80. The summed E-state index contributed by atoms with van der Waals surface area (Å²) in [5, 5.41) is 16.4. The van der Waals surface area contributed by atoms with Gasteiger partial charge in [0.2, 0.25) is 0 Å². The normalized spacial score (nSPS) is 16.3. The molecule has 1 atom stereocenters. The van der Waals surface area contributed by atoms with Crippen LogP contribution in [0.3, 0.4) is 0 Å². The van der Waals surface area contributed by atoms with Crippen LogP contribution in [-0.4, -0.2) is 66.9 Å². The third-order valence-corrected chi connectivity index (χ3v) is 5.58. The Morgan fingerprint density at radius 2 is 2.21 bits per heavy atom. The number of halogens is 1. The highest BCUT2D eigenvalue weighted by Crippen LogP contribution is 2.26. The molecule has 4 N–H and O–H groups in total. The fourth-order valence-corrected chi connectivity index (χ4v) is 3.84. The zero-order valence-corrected chi connectivity index (χ0v) is 18.9. The number of hydrogen-bond acceptors (Lipinski definition) is 8. The van der Waals surface area contributed by atoms with E-state index in [2.05, 4.69) is 49.6 Å². The van der Waals surface area contributed by atoms with E-state index >= 15 is 0 Å². The fraction of sp³-hybridized carbons (Fsp3) is 0.348.